The summed E-state index contributed by atoms with van der Waals surface area (Å²) in [5.74, 6) is -0.244. The van der Waals surface area contributed by atoms with E-state index < -0.39 is 0 Å². The second-order valence-electron chi connectivity index (χ2n) is 5.32. The molecule has 2 aliphatic heterocycles. The molecule has 0 spiro atoms. The van der Waals surface area contributed by atoms with Crippen LogP contribution in [-0.4, -0.2) is 35.2 Å². The maximum atomic E-state index is 13.4. The standard InChI is InChI=1S/C14H17FN2OS/c15-10-1-4-13(14(16)19)9(5-10)6-17-7-11-2-3-12(8-17)18-11/h1,4-5,11-12H,2-3,6-8H2,(H2,16,19). The van der Waals surface area contributed by atoms with Crippen molar-refractivity contribution < 1.29 is 9.13 Å². The summed E-state index contributed by atoms with van der Waals surface area (Å²) < 4.78 is 19.2. The Morgan fingerprint density at radius 1 is 1.37 bits per heavy atom. The summed E-state index contributed by atoms with van der Waals surface area (Å²) in [7, 11) is 0. The van der Waals surface area contributed by atoms with Gasteiger partial charge in [0.1, 0.15) is 10.8 Å². The molecule has 5 heteroatoms. The Kier molecular flexibility index (Phi) is 3.52. The molecule has 0 aliphatic carbocycles. The van der Waals surface area contributed by atoms with E-state index >= 15 is 0 Å². The Morgan fingerprint density at radius 3 is 2.68 bits per heavy atom. The zero-order valence-corrected chi connectivity index (χ0v) is 11.5. The molecule has 19 heavy (non-hydrogen) atoms. The van der Waals surface area contributed by atoms with E-state index in [2.05, 4.69) is 4.90 Å². The first-order valence-corrected chi connectivity index (χ1v) is 6.98. The molecule has 0 saturated carbocycles. The molecule has 1 aromatic carbocycles. The fourth-order valence-electron chi connectivity index (χ4n) is 3.00. The smallest absolute Gasteiger partial charge is 0.123 e. The van der Waals surface area contributed by atoms with Crippen molar-refractivity contribution in [2.45, 2.75) is 31.6 Å². The largest absolute Gasteiger partial charge is 0.389 e. The lowest BCUT2D eigenvalue weighted by atomic mass is 10.1. The summed E-state index contributed by atoms with van der Waals surface area (Å²) in [5, 5.41) is 0. The van der Waals surface area contributed by atoms with Crippen LogP contribution in [0.15, 0.2) is 18.2 Å². The van der Waals surface area contributed by atoms with Crippen LogP contribution in [-0.2, 0) is 11.3 Å². The molecule has 102 valence electrons. The highest BCUT2D eigenvalue weighted by atomic mass is 32.1. The molecule has 2 unspecified atom stereocenters. The van der Waals surface area contributed by atoms with Crippen LogP contribution < -0.4 is 5.73 Å². The minimum absolute atomic E-state index is 0.244. The van der Waals surface area contributed by atoms with E-state index in [0.29, 0.717) is 23.7 Å². The molecule has 2 N–H and O–H groups in total. The van der Waals surface area contributed by atoms with Crippen LogP contribution in [0.1, 0.15) is 24.0 Å². The molecule has 0 radical (unpaired) electrons. The summed E-state index contributed by atoms with van der Waals surface area (Å²) in [6.45, 7) is 2.49. The lowest BCUT2D eigenvalue weighted by molar-refractivity contribution is -0.0410. The van der Waals surface area contributed by atoms with Gasteiger partial charge in [-0.05, 0) is 36.6 Å². The van der Waals surface area contributed by atoms with Gasteiger partial charge in [0.05, 0.1) is 12.2 Å². The zero-order chi connectivity index (χ0) is 13.4. The first kappa shape index (κ1) is 13.0. The molecule has 2 aliphatic rings. The van der Waals surface area contributed by atoms with Crippen LogP contribution in [0.4, 0.5) is 4.39 Å². The average Bonchev–Trinajstić information content (AvgIpc) is 2.68. The van der Waals surface area contributed by atoms with E-state index in [4.69, 9.17) is 22.7 Å². The number of rotatable bonds is 3. The van der Waals surface area contributed by atoms with Crippen LogP contribution in [0.5, 0.6) is 0 Å². The van der Waals surface area contributed by atoms with Crippen molar-refractivity contribution in [3.8, 4) is 0 Å². The highest BCUT2D eigenvalue weighted by molar-refractivity contribution is 7.80. The van der Waals surface area contributed by atoms with Gasteiger partial charge >= 0.3 is 0 Å². The predicted octanol–water partition coefficient (Wildman–Crippen LogP) is 1.82. The lowest BCUT2D eigenvalue weighted by Gasteiger charge is -2.32. The summed E-state index contributed by atoms with van der Waals surface area (Å²) in [4.78, 5) is 2.63. The van der Waals surface area contributed by atoms with Gasteiger partial charge in [-0.1, -0.05) is 12.2 Å². The fraction of sp³-hybridized carbons (Fsp3) is 0.500. The number of thiocarbonyl (C=S) groups is 1. The van der Waals surface area contributed by atoms with Gasteiger partial charge in [0.25, 0.3) is 0 Å². The minimum atomic E-state index is -0.244. The van der Waals surface area contributed by atoms with Gasteiger partial charge in [0, 0.05) is 25.2 Å². The SMILES string of the molecule is NC(=S)c1ccc(F)cc1CN1CC2CCC(C1)O2. The molecule has 2 saturated heterocycles. The topological polar surface area (TPSA) is 38.5 Å². The summed E-state index contributed by atoms with van der Waals surface area (Å²) in [6.07, 6.45) is 2.93. The molecule has 1 aromatic rings. The molecule has 2 fully saturated rings. The van der Waals surface area contributed by atoms with Crippen molar-refractivity contribution in [1.29, 1.82) is 0 Å². The number of benzene rings is 1. The minimum Gasteiger partial charge on any atom is -0.389 e. The molecule has 3 nitrogen and oxygen atoms in total. The van der Waals surface area contributed by atoms with E-state index in [1.807, 2.05) is 0 Å². The zero-order valence-electron chi connectivity index (χ0n) is 10.6. The number of morpholine rings is 1. The predicted molar refractivity (Wildman–Crippen MR) is 75.5 cm³/mol. The molecule has 0 amide bonds. The Morgan fingerprint density at radius 2 is 2.05 bits per heavy atom. The van der Waals surface area contributed by atoms with Crippen molar-refractivity contribution in [1.82, 2.24) is 4.90 Å². The van der Waals surface area contributed by atoms with E-state index in [1.165, 1.54) is 12.1 Å². The second kappa shape index (κ2) is 5.15. The van der Waals surface area contributed by atoms with Gasteiger partial charge in [0.15, 0.2) is 0 Å². The maximum Gasteiger partial charge on any atom is 0.123 e. The van der Waals surface area contributed by atoms with E-state index in [9.17, 15) is 4.39 Å². The number of likely N-dealkylation sites (tertiary alicyclic amines) is 1. The van der Waals surface area contributed by atoms with Crippen LogP contribution in [0, 0.1) is 5.82 Å². The van der Waals surface area contributed by atoms with Gasteiger partial charge in [-0.25, -0.2) is 4.39 Å². The number of ether oxygens (including phenoxy) is 1. The third kappa shape index (κ3) is 2.78. The summed E-state index contributed by atoms with van der Waals surface area (Å²) in [6, 6.07) is 4.61. The molecule has 3 rings (SSSR count). The van der Waals surface area contributed by atoms with Crippen LogP contribution in [0.3, 0.4) is 0 Å². The van der Waals surface area contributed by atoms with Crippen molar-refractivity contribution in [3.63, 3.8) is 0 Å². The molecular formula is C14H17FN2OS. The Labute approximate surface area is 117 Å². The first-order chi connectivity index (χ1) is 9.11. The van der Waals surface area contributed by atoms with Gasteiger partial charge in [-0.2, -0.15) is 0 Å². The monoisotopic (exact) mass is 280 g/mol. The fourth-order valence-corrected chi connectivity index (χ4v) is 3.20. The number of nitrogens with zero attached hydrogens (tertiary/aromatic N) is 1. The molecule has 2 atom stereocenters. The second-order valence-corrected chi connectivity index (χ2v) is 5.76. The van der Waals surface area contributed by atoms with Crippen LogP contribution >= 0.6 is 12.2 Å². The molecular weight excluding hydrogens is 263 g/mol. The first-order valence-electron chi connectivity index (χ1n) is 6.58. The van der Waals surface area contributed by atoms with E-state index in [-0.39, 0.29) is 5.82 Å². The molecule has 0 aromatic heterocycles. The van der Waals surface area contributed by atoms with Gasteiger partial charge in [-0.3, -0.25) is 4.90 Å². The normalized spacial score (nSPS) is 26.6. The van der Waals surface area contributed by atoms with Crippen molar-refractivity contribution in [3.05, 3.63) is 35.1 Å². The van der Waals surface area contributed by atoms with Gasteiger partial charge in [0.2, 0.25) is 0 Å². The number of hydrogen-bond acceptors (Lipinski definition) is 3. The lowest BCUT2D eigenvalue weighted by Crippen LogP contribution is -2.42. The Balaban J connectivity index is 1.79. The Hall–Kier alpha value is -1.04. The number of fused-ring (bicyclic) bond motifs is 2. The Bertz CT molecular complexity index is 496. The van der Waals surface area contributed by atoms with E-state index in [1.54, 1.807) is 6.07 Å². The highest BCUT2D eigenvalue weighted by Crippen LogP contribution is 2.27. The van der Waals surface area contributed by atoms with Crippen LogP contribution in [0.2, 0.25) is 0 Å². The quantitative estimate of drug-likeness (QED) is 0.857. The summed E-state index contributed by atoms with van der Waals surface area (Å²) in [5.41, 5.74) is 7.35. The van der Waals surface area contributed by atoms with Crippen molar-refractivity contribution >= 4 is 17.2 Å². The van der Waals surface area contributed by atoms with Crippen molar-refractivity contribution in [2.24, 2.45) is 5.73 Å². The highest BCUT2D eigenvalue weighted by Gasteiger charge is 2.33. The van der Waals surface area contributed by atoms with E-state index in [0.717, 1.165) is 37.1 Å². The number of hydrogen-bond donors (Lipinski definition) is 1. The summed E-state index contributed by atoms with van der Waals surface area (Å²) >= 11 is 5.03. The average molecular weight is 280 g/mol. The third-order valence-corrected chi connectivity index (χ3v) is 4.07. The third-order valence-electron chi connectivity index (χ3n) is 3.85. The van der Waals surface area contributed by atoms with Gasteiger partial charge < -0.3 is 10.5 Å². The molecule has 2 bridgehead atoms. The number of halogens is 1. The number of nitrogens with two attached hydrogens (primary N) is 1. The van der Waals surface area contributed by atoms with Crippen molar-refractivity contribution in [2.75, 3.05) is 13.1 Å². The van der Waals surface area contributed by atoms with Crippen LogP contribution in [0.25, 0.3) is 0 Å². The van der Waals surface area contributed by atoms with Gasteiger partial charge in [-0.15, -0.1) is 0 Å². The maximum absolute atomic E-state index is 13.4. The molecule has 2 heterocycles.